The van der Waals surface area contributed by atoms with Gasteiger partial charge in [0.05, 0.1) is 12.7 Å². The van der Waals surface area contributed by atoms with Crippen LogP contribution in [0.4, 0.5) is 0 Å². The third-order valence-electron chi connectivity index (χ3n) is 1.22. The summed E-state index contributed by atoms with van der Waals surface area (Å²) in [4.78, 5) is 27.1. The standard InChI is InChI=1S/C7H8N2O3S/c10-5-3-6(9-4-8-5)13-2-1-7(11)12/h3-4H,1-2H2,(H,11,12)(H,8,9,10). The first-order valence-corrected chi connectivity index (χ1v) is 4.56. The lowest BCUT2D eigenvalue weighted by Crippen LogP contribution is -2.04. The maximum Gasteiger partial charge on any atom is 0.304 e. The number of hydrogen-bond acceptors (Lipinski definition) is 4. The van der Waals surface area contributed by atoms with E-state index in [4.69, 9.17) is 5.11 Å². The molecule has 2 N–H and O–H groups in total. The van der Waals surface area contributed by atoms with Gasteiger partial charge in [0.1, 0.15) is 5.03 Å². The largest absolute Gasteiger partial charge is 0.481 e. The summed E-state index contributed by atoms with van der Waals surface area (Å²) >= 11 is 1.25. The number of aromatic nitrogens is 2. The number of nitrogens with one attached hydrogen (secondary N) is 1. The molecular weight excluding hydrogens is 192 g/mol. The van der Waals surface area contributed by atoms with Crippen LogP contribution in [-0.4, -0.2) is 26.8 Å². The number of carboxylic acid groups (broad SMARTS) is 1. The van der Waals surface area contributed by atoms with Gasteiger partial charge in [0.2, 0.25) is 0 Å². The average molecular weight is 200 g/mol. The predicted molar refractivity (Wildman–Crippen MR) is 47.8 cm³/mol. The smallest absolute Gasteiger partial charge is 0.304 e. The lowest BCUT2D eigenvalue weighted by molar-refractivity contribution is -0.136. The normalized spacial score (nSPS) is 9.85. The van der Waals surface area contributed by atoms with Crippen molar-refractivity contribution in [2.24, 2.45) is 0 Å². The Morgan fingerprint density at radius 2 is 2.46 bits per heavy atom. The number of H-pyrrole nitrogens is 1. The van der Waals surface area contributed by atoms with E-state index in [1.807, 2.05) is 0 Å². The Kier molecular flexibility index (Phi) is 3.51. The molecule has 0 spiro atoms. The SMILES string of the molecule is O=C(O)CCSc1cc(=O)[nH]cn1. The Labute approximate surface area is 78.2 Å². The van der Waals surface area contributed by atoms with Gasteiger partial charge >= 0.3 is 5.97 Å². The van der Waals surface area contributed by atoms with Crippen LogP contribution in [0.3, 0.4) is 0 Å². The van der Waals surface area contributed by atoms with Crippen LogP contribution in [0.1, 0.15) is 6.42 Å². The van der Waals surface area contributed by atoms with Gasteiger partial charge in [-0.1, -0.05) is 0 Å². The van der Waals surface area contributed by atoms with E-state index in [9.17, 15) is 9.59 Å². The first-order chi connectivity index (χ1) is 6.18. The van der Waals surface area contributed by atoms with Crippen LogP contribution in [0.2, 0.25) is 0 Å². The minimum atomic E-state index is -0.850. The van der Waals surface area contributed by atoms with E-state index in [0.29, 0.717) is 10.8 Å². The summed E-state index contributed by atoms with van der Waals surface area (Å²) in [5.74, 6) is -0.427. The topological polar surface area (TPSA) is 83.0 Å². The zero-order chi connectivity index (χ0) is 9.68. The summed E-state index contributed by atoms with van der Waals surface area (Å²) in [6.07, 6.45) is 1.37. The van der Waals surface area contributed by atoms with E-state index < -0.39 is 5.97 Å². The molecule has 0 bridgehead atoms. The Hall–Kier alpha value is -1.30. The molecule has 0 fully saturated rings. The van der Waals surface area contributed by atoms with Gasteiger partial charge < -0.3 is 10.1 Å². The predicted octanol–water partition coefficient (Wildman–Crippen LogP) is 0.337. The highest BCUT2D eigenvalue weighted by molar-refractivity contribution is 7.99. The Morgan fingerprint density at radius 3 is 3.08 bits per heavy atom. The molecule has 0 radical (unpaired) electrons. The molecule has 0 aliphatic rings. The van der Waals surface area contributed by atoms with Crippen LogP contribution >= 0.6 is 11.8 Å². The Balaban J connectivity index is 2.45. The molecule has 0 aliphatic carbocycles. The molecule has 0 amide bonds. The van der Waals surface area contributed by atoms with Crippen LogP contribution in [0, 0.1) is 0 Å². The molecule has 1 heterocycles. The number of carboxylic acids is 1. The molecule has 13 heavy (non-hydrogen) atoms. The molecule has 70 valence electrons. The highest BCUT2D eigenvalue weighted by atomic mass is 32.2. The second-order valence-corrected chi connectivity index (χ2v) is 3.36. The van der Waals surface area contributed by atoms with Crippen molar-refractivity contribution < 1.29 is 9.90 Å². The third kappa shape index (κ3) is 3.75. The van der Waals surface area contributed by atoms with Crippen LogP contribution in [0.15, 0.2) is 22.2 Å². The highest BCUT2D eigenvalue weighted by Crippen LogP contribution is 2.12. The minimum Gasteiger partial charge on any atom is -0.481 e. The summed E-state index contributed by atoms with van der Waals surface area (Å²) in [6, 6.07) is 1.34. The molecule has 0 aliphatic heterocycles. The lowest BCUT2D eigenvalue weighted by atomic mass is 10.5. The van der Waals surface area contributed by atoms with Gasteiger partial charge in [-0.2, -0.15) is 0 Å². The van der Waals surface area contributed by atoms with Gasteiger partial charge in [-0.05, 0) is 0 Å². The molecule has 0 atom stereocenters. The van der Waals surface area contributed by atoms with Crippen molar-refractivity contribution in [3.05, 3.63) is 22.7 Å². The van der Waals surface area contributed by atoms with Gasteiger partial charge in [-0.25, -0.2) is 4.98 Å². The zero-order valence-corrected chi connectivity index (χ0v) is 7.50. The maximum absolute atomic E-state index is 10.8. The van der Waals surface area contributed by atoms with E-state index in [2.05, 4.69) is 9.97 Å². The van der Waals surface area contributed by atoms with Crippen molar-refractivity contribution in [3.8, 4) is 0 Å². The quantitative estimate of drug-likeness (QED) is 0.540. The first kappa shape index (κ1) is 9.79. The third-order valence-corrected chi connectivity index (χ3v) is 2.15. The van der Waals surface area contributed by atoms with Crippen molar-refractivity contribution in [3.63, 3.8) is 0 Å². The number of nitrogens with zero attached hydrogens (tertiary/aromatic N) is 1. The van der Waals surface area contributed by atoms with Crippen LogP contribution < -0.4 is 5.56 Å². The minimum absolute atomic E-state index is 0.0686. The molecule has 5 nitrogen and oxygen atoms in total. The van der Waals surface area contributed by atoms with Gasteiger partial charge in [0.25, 0.3) is 5.56 Å². The Morgan fingerprint density at radius 1 is 1.69 bits per heavy atom. The van der Waals surface area contributed by atoms with Gasteiger partial charge in [0, 0.05) is 11.8 Å². The average Bonchev–Trinajstić information content (AvgIpc) is 2.03. The molecular formula is C7H8N2O3S. The van der Waals surface area contributed by atoms with Crippen molar-refractivity contribution in [1.82, 2.24) is 9.97 Å². The monoisotopic (exact) mass is 200 g/mol. The number of hydrogen-bond donors (Lipinski definition) is 2. The fourth-order valence-corrected chi connectivity index (χ4v) is 1.48. The van der Waals surface area contributed by atoms with Crippen molar-refractivity contribution >= 4 is 17.7 Å². The molecule has 0 saturated carbocycles. The molecule has 6 heteroatoms. The summed E-state index contributed by atoms with van der Waals surface area (Å²) < 4.78 is 0. The van der Waals surface area contributed by atoms with Crippen molar-refractivity contribution in [1.29, 1.82) is 0 Å². The number of carbonyl (C=O) groups is 1. The molecule has 1 rings (SSSR count). The van der Waals surface area contributed by atoms with Crippen LogP contribution in [0.25, 0.3) is 0 Å². The van der Waals surface area contributed by atoms with Crippen molar-refractivity contribution in [2.75, 3.05) is 5.75 Å². The van der Waals surface area contributed by atoms with E-state index in [1.54, 1.807) is 0 Å². The lowest BCUT2D eigenvalue weighted by Gasteiger charge is -1.95. The maximum atomic E-state index is 10.8. The van der Waals surface area contributed by atoms with E-state index in [0.717, 1.165) is 0 Å². The van der Waals surface area contributed by atoms with E-state index >= 15 is 0 Å². The summed E-state index contributed by atoms with van der Waals surface area (Å²) in [5.41, 5.74) is -0.229. The number of rotatable bonds is 4. The molecule has 0 saturated heterocycles. The number of aliphatic carboxylic acids is 1. The fourth-order valence-electron chi connectivity index (χ4n) is 0.672. The molecule has 0 aromatic carbocycles. The zero-order valence-electron chi connectivity index (χ0n) is 6.69. The summed E-state index contributed by atoms with van der Waals surface area (Å²) in [7, 11) is 0. The van der Waals surface area contributed by atoms with Crippen LogP contribution in [-0.2, 0) is 4.79 Å². The number of thioether (sulfide) groups is 1. The van der Waals surface area contributed by atoms with Gasteiger partial charge in [-0.15, -0.1) is 11.8 Å². The summed E-state index contributed by atoms with van der Waals surface area (Å²) in [6.45, 7) is 0. The second-order valence-electron chi connectivity index (χ2n) is 2.24. The Bertz CT molecular complexity index is 350. The molecule has 1 aromatic heterocycles. The first-order valence-electron chi connectivity index (χ1n) is 3.58. The van der Waals surface area contributed by atoms with Crippen molar-refractivity contribution in [2.45, 2.75) is 11.4 Å². The van der Waals surface area contributed by atoms with Gasteiger partial charge in [-0.3, -0.25) is 9.59 Å². The second kappa shape index (κ2) is 4.66. The highest BCUT2D eigenvalue weighted by Gasteiger charge is 1.99. The van der Waals surface area contributed by atoms with E-state index in [1.165, 1.54) is 24.2 Å². The number of aromatic amines is 1. The molecule has 0 unspecified atom stereocenters. The van der Waals surface area contributed by atoms with Gasteiger partial charge in [0.15, 0.2) is 0 Å². The summed E-state index contributed by atoms with van der Waals surface area (Å²) in [5, 5.41) is 8.89. The van der Waals surface area contributed by atoms with E-state index in [-0.39, 0.29) is 12.0 Å². The fraction of sp³-hybridized carbons (Fsp3) is 0.286. The molecule has 1 aromatic rings. The van der Waals surface area contributed by atoms with Crippen LogP contribution in [0.5, 0.6) is 0 Å².